The summed E-state index contributed by atoms with van der Waals surface area (Å²) in [7, 11) is 2.16. The zero-order chi connectivity index (χ0) is 12.4. The van der Waals surface area contributed by atoms with Gasteiger partial charge in [0.05, 0.1) is 0 Å². The van der Waals surface area contributed by atoms with E-state index in [1.807, 2.05) is 0 Å². The van der Waals surface area contributed by atoms with Crippen molar-refractivity contribution in [2.24, 2.45) is 5.73 Å². The zero-order valence-electron chi connectivity index (χ0n) is 11.2. The Morgan fingerprint density at radius 2 is 2.06 bits per heavy atom. The maximum Gasteiger partial charge on any atom is 0.0470 e. The van der Waals surface area contributed by atoms with E-state index in [1.54, 1.807) is 0 Å². The zero-order valence-corrected chi connectivity index (χ0v) is 11.2. The fourth-order valence-corrected chi connectivity index (χ4v) is 2.33. The van der Waals surface area contributed by atoms with Crippen LogP contribution >= 0.6 is 0 Å². The van der Waals surface area contributed by atoms with Crippen LogP contribution in [-0.4, -0.2) is 24.5 Å². The van der Waals surface area contributed by atoms with Crippen molar-refractivity contribution in [3.05, 3.63) is 35.4 Å². The molecule has 1 unspecified atom stereocenters. The summed E-state index contributed by atoms with van der Waals surface area (Å²) in [5, 5.41) is 0. The molecular formula is C15H24N2. The van der Waals surface area contributed by atoms with Crippen LogP contribution in [0.2, 0.25) is 0 Å². The summed E-state index contributed by atoms with van der Waals surface area (Å²) in [6, 6.07) is 9.86. The van der Waals surface area contributed by atoms with E-state index in [4.69, 9.17) is 5.73 Å². The first-order valence-corrected chi connectivity index (χ1v) is 6.65. The van der Waals surface area contributed by atoms with Crippen LogP contribution in [-0.2, 0) is 0 Å². The molecule has 0 bridgehead atoms. The largest absolute Gasteiger partial charge is 0.329 e. The Morgan fingerprint density at radius 1 is 1.35 bits per heavy atom. The third-order valence-electron chi connectivity index (χ3n) is 3.87. The standard InChI is InChI=1S/C15H24N2/c1-11(2)17(3)15(10-16)14-6-4-5-13(9-14)12-7-8-12/h4-6,9,11-12,15H,7-8,10,16H2,1-3H3. The Kier molecular flexibility index (Phi) is 3.85. The number of hydrogen-bond donors (Lipinski definition) is 1. The molecule has 0 heterocycles. The van der Waals surface area contributed by atoms with Crippen molar-refractivity contribution in [2.45, 2.75) is 44.7 Å². The summed E-state index contributed by atoms with van der Waals surface area (Å²) >= 11 is 0. The average molecular weight is 232 g/mol. The van der Waals surface area contributed by atoms with Gasteiger partial charge < -0.3 is 5.73 Å². The molecule has 2 heteroatoms. The second-order valence-corrected chi connectivity index (χ2v) is 5.46. The molecule has 0 aromatic heterocycles. The highest BCUT2D eigenvalue weighted by Crippen LogP contribution is 2.40. The molecule has 17 heavy (non-hydrogen) atoms. The minimum atomic E-state index is 0.341. The molecule has 0 spiro atoms. The minimum Gasteiger partial charge on any atom is -0.329 e. The summed E-state index contributed by atoms with van der Waals surface area (Å²) in [5.74, 6) is 0.817. The molecule has 2 nitrogen and oxygen atoms in total. The number of hydrogen-bond acceptors (Lipinski definition) is 2. The molecule has 0 saturated heterocycles. The summed E-state index contributed by atoms with van der Waals surface area (Å²) in [4.78, 5) is 2.35. The molecule has 0 radical (unpaired) electrons. The van der Waals surface area contributed by atoms with Gasteiger partial charge in [-0.2, -0.15) is 0 Å². The molecule has 2 N–H and O–H groups in total. The lowest BCUT2D eigenvalue weighted by atomic mass is 10.00. The Balaban J connectivity index is 2.20. The predicted octanol–water partition coefficient (Wildman–Crippen LogP) is 2.90. The topological polar surface area (TPSA) is 29.3 Å². The highest BCUT2D eigenvalue weighted by molar-refractivity contribution is 5.31. The maximum absolute atomic E-state index is 5.94. The summed E-state index contributed by atoms with van der Waals surface area (Å²) in [6.07, 6.45) is 2.72. The fraction of sp³-hybridized carbons (Fsp3) is 0.600. The number of likely N-dealkylation sites (N-methyl/N-ethyl adjacent to an activating group) is 1. The predicted molar refractivity (Wildman–Crippen MR) is 73.1 cm³/mol. The van der Waals surface area contributed by atoms with Gasteiger partial charge in [0.2, 0.25) is 0 Å². The van der Waals surface area contributed by atoms with Gasteiger partial charge in [-0.05, 0) is 50.8 Å². The van der Waals surface area contributed by atoms with Gasteiger partial charge in [0.15, 0.2) is 0 Å². The number of nitrogens with zero attached hydrogens (tertiary/aromatic N) is 1. The molecule has 1 aliphatic rings. The monoisotopic (exact) mass is 232 g/mol. The smallest absolute Gasteiger partial charge is 0.0470 e. The second-order valence-electron chi connectivity index (χ2n) is 5.46. The van der Waals surface area contributed by atoms with Gasteiger partial charge in [0, 0.05) is 18.6 Å². The molecule has 1 aromatic carbocycles. The van der Waals surface area contributed by atoms with E-state index in [9.17, 15) is 0 Å². The van der Waals surface area contributed by atoms with Crippen LogP contribution in [0, 0.1) is 0 Å². The van der Waals surface area contributed by atoms with Crippen molar-refractivity contribution in [3.8, 4) is 0 Å². The Morgan fingerprint density at radius 3 is 2.59 bits per heavy atom. The summed E-state index contributed by atoms with van der Waals surface area (Å²) < 4.78 is 0. The molecule has 1 aromatic rings. The number of benzene rings is 1. The van der Waals surface area contributed by atoms with Crippen molar-refractivity contribution >= 4 is 0 Å². The van der Waals surface area contributed by atoms with Crippen LogP contribution in [0.4, 0.5) is 0 Å². The summed E-state index contributed by atoms with van der Waals surface area (Å²) in [6.45, 7) is 5.11. The van der Waals surface area contributed by atoms with Gasteiger partial charge in [-0.15, -0.1) is 0 Å². The quantitative estimate of drug-likeness (QED) is 0.846. The number of nitrogens with two attached hydrogens (primary N) is 1. The molecular weight excluding hydrogens is 208 g/mol. The van der Waals surface area contributed by atoms with E-state index in [2.05, 4.69) is 50.1 Å². The normalized spacial score (nSPS) is 17.8. The first kappa shape index (κ1) is 12.6. The van der Waals surface area contributed by atoms with E-state index >= 15 is 0 Å². The molecule has 2 rings (SSSR count). The lowest BCUT2D eigenvalue weighted by Crippen LogP contribution is -2.35. The first-order valence-electron chi connectivity index (χ1n) is 6.65. The van der Waals surface area contributed by atoms with Gasteiger partial charge in [-0.1, -0.05) is 24.3 Å². The molecule has 0 aliphatic heterocycles. The minimum absolute atomic E-state index is 0.341. The van der Waals surface area contributed by atoms with Gasteiger partial charge in [-0.3, -0.25) is 4.90 Å². The van der Waals surface area contributed by atoms with Gasteiger partial charge in [0.25, 0.3) is 0 Å². The lowest BCUT2D eigenvalue weighted by molar-refractivity contribution is 0.201. The van der Waals surface area contributed by atoms with E-state index in [-0.39, 0.29) is 0 Å². The van der Waals surface area contributed by atoms with Crippen LogP contribution in [0.1, 0.15) is 49.8 Å². The van der Waals surface area contributed by atoms with Crippen molar-refractivity contribution < 1.29 is 0 Å². The molecule has 1 aliphatic carbocycles. The van der Waals surface area contributed by atoms with Crippen molar-refractivity contribution in [1.29, 1.82) is 0 Å². The molecule has 94 valence electrons. The van der Waals surface area contributed by atoms with Crippen molar-refractivity contribution in [3.63, 3.8) is 0 Å². The first-order chi connectivity index (χ1) is 8.13. The molecule has 1 atom stereocenters. The average Bonchev–Trinajstić information content (AvgIpc) is 3.14. The third-order valence-corrected chi connectivity index (χ3v) is 3.87. The van der Waals surface area contributed by atoms with E-state index < -0.39 is 0 Å². The molecule has 1 saturated carbocycles. The number of rotatable bonds is 5. The van der Waals surface area contributed by atoms with Crippen molar-refractivity contribution in [1.82, 2.24) is 4.90 Å². The highest BCUT2D eigenvalue weighted by Gasteiger charge is 2.25. The SMILES string of the molecule is CC(C)N(C)C(CN)c1cccc(C2CC2)c1. The lowest BCUT2D eigenvalue weighted by Gasteiger charge is -2.31. The third kappa shape index (κ3) is 2.88. The highest BCUT2D eigenvalue weighted by atomic mass is 15.2. The van der Waals surface area contributed by atoms with E-state index in [1.165, 1.54) is 24.0 Å². The van der Waals surface area contributed by atoms with Gasteiger partial charge >= 0.3 is 0 Å². The van der Waals surface area contributed by atoms with Crippen LogP contribution in [0.25, 0.3) is 0 Å². The van der Waals surface area contributed by atoms with E-state index in [0.717, 1.165) is 5.92 Å². The van der Waals surface area contributed by atoms with Crippen LogP contribution in [0.3, 0.4) is 0 Å². The molecule has 1 fully saturated rings. The van der Waals surface area contributed by atoms with E-state index in [0.29, 0.717) is 18.6 Å². The van der Waals surface area contributed by atoms with Crippen molar-refractivity contribution in [2.75, 3.05) is 13.6 Å². The van der Waals surface area contributed by atoms with Gasteiger partial charge in [-0.25, -0.2) is 0 Å². The summed E-state index contributed by atoms with van der Waals surface area (Å²) in [5.41, 5.74) is 8.81. The fourth-order valence-electron chi connectivity index (χ4n) is 2.33. The van der Waals surface area contributed by atoms with Crippen LogP contribution in [0.5, 0.6) is 0 Å². The Labute approximate surface area is 105 Å². The van der Waals surface area contributed by atoms with Crippen LogP contribution in [0.15, 0.2) is 24.3 Å². The Bertz CT molecular complexity index is 369. The Hall–Kier alpha value is -0.860. The molecule has 0 amide bonds. The second kappa shape index (κ2) is 5.19. The van der Waals surface area contributed by atoms with Gasteiger partial charge in [0.1, 0.15) is 0 Å². The maximum atomic E-state index is 5.94. The van der Waals surface area contributed by atoms with Crippen LogP contribution < -0.4 is 5.73 Å².